The van der Waals surface area contributed by atoms with Crippen molar-refractivity contribution in [2.45, 2.75) is 20.8 Å². The van der Waals surface area contributed by atoms with Crippen LogP contribution in [0.2, 0.25) is 0 Å². The molecule has 1 aromatic carbocycles. The molecule has 0 spiro atoms. The first-order valence-electron chi connectivity index (χ1n) is 4.78. The minimum absolute atomic E-state index is 0. The Bertz CT molecular complexity index is 309. The number of ether oxygens (including phenoxy) is 1. The number of aliphatic carboxylic acids is 1. The van der Waals surface area contributed by atoms with Crippen molar-refractivity contribution >= 4 is 5.97 Å². The van der Waals surface area contributed by atoms with Crippen LogP contribution in [0.25, 0.3) is 0 Å². The zero-order valence-corrected chi connectivity index (χ0v) is 10.7. The summed E-state index contributed by atoms with van der Waals surface area (Å²) in [5, 5.41) is 8.23. The van der Waals surface area contributed by atoms with Crippen LogP contribution in [0.5, 0.6) is 5.75 Å². The average Bonchev–Trinajstić information content (AvgIpc) is 2.16. The molecule has 0 unspecified atom stereocenters. The van der Waals surface area contributed by atoms with Crippen LogP contribution in [-0.2, 0) is 4.79 Å². The number of halogens is 1. The zero-order chi connectivity index (χ0) is 12.6. The van der Waals surface area contributed by atoms with Crippen LogP contribution < -0.4 is 23.6 Å². The maximum absolute atomic E-state index is 12.3. The van der Waals surface area contributed by atoms with Gasteiger partial charge in [-0.1, -0.05) is 0 Å². The Morgan fingerprint density at radius 2 is 1.71 bits per heavy atom. The smallest absolute Gasteiger partial charge is 0.482 e. The Balaban J connectivity index is 0. The van der Waals surface area contributed by atoms with E-state index in [1.165, 1.54) is 30.2 Å². The monoisotopic (exact) mass is 234 g/mol. The summed E-state index contributed by atoms with van der Waals surface area (Å²) in [6.07, 6.45) is 0. The Hall–Kier alpha value is -0.983. The van der Waals surface area contributed by atoms with Gasteiger partial charge >= 0.3 is 24.8 Å². The summed E-state index contributed by atoms with van der Waals surface area (Å²) in [5.74, 6) is 0.329. The predicted molar refractivity (Wildman–Crippen MR) is 59.8 cm³/mol. The molecule has 0 atom stereocenters. The van der Waals surface area contributed by atoms with Gasteiger partial charge in [-0.25, -0.2) is 9.18 Å². The minimum atomic E-state index is -1.06. The topological polar surface area (TPSA) is 46.5 Å². The van der Waals surface area contributed by atoms with Crippen molar-refractivity contribution in [1.29, 1.82) is 0 Å². The van der Waals surface area contributed by atoms with E-state index in [4.69, 9.17) is 9.84 Å². The number of benzene rings is 1. The van der Waals surface area contributed by atoms with Gasteiger partial charge in [0.15, 0.2) is 6.61 Å². The molecule has 0 saturated carbocycles. The van der Waals surface area contributed by atoms with Gasteiger partial charge in [-0.2, -0.15) is 20.8 Å². The molecule has 1 aromatic rings. The second-order valence-electron chi connectivity index (χ2n) is 3.64. The van der Waals surface area contributed by atoms with Crippen LogP contribution >= 0.6 is 0 Å². The number of carboxylic acids is 1. The second-order valence-corrected chi connectivity index (χ2v) is 3.64. The third kappa shape index (κ3) is 13.0. The molecule has 0 heterocycles. The van der Waals surface area contributed by atoms with Crippen LogP contribution in [0.3, 0.4) is 0 Å². The second kappa shape index (κ2) is 10.2. The zero-order valence-electron chi connectivity index (χ0n) is 10.7. The van der Waals surface area contributed by atoms with Gasteiger partial charge in [-0.05, 0) is 24.3 Å². The predicted octanol–water partition coefficient (Wildman–Crippen LogP) is -0.0863. The van der Waals surface area contributed by atoms with E-state index in [1.807, 2.05) is 0 Å². The third-order valence-electron chi connectivity index (χ3n) is 1.18. The molecular formula is C12H16FLiO3. The molecule has 0 saturated heterocycles. The third-order valence-corrected chi connectivity index (χ3v) is 1.18. The van der Waals surface area contributed by atoms with E-state index in [0.29, 0.717) is 5.75 Å². The molecule has 0 aliphatic carbocycles. The molecule has 0 amide bonds. The normalized spacial score (nSPS) is 8.76. The van der Waals surface area contributed by atoms with Gasteiger partial charge in [0, 0.05) is 0 Å². The standard InChI is InChI=1S/C8H7FO3.C4H9.Li/c9-6-1-3-7(4-2-6)12-5-8(10)11;1-4(2)3;/h1-4H,5H2,(H,10,11);1-3H3;/q;-1;+1. The Labute approximate surface area is 113 Å². The molecule has 0 aliphatic rings. The van der Waals surface area contributed by atoms with Gasteiger partial charge < -0.3 is 15.8 Å². The van der Waals surface area contributed by atoms with Gasteiger partial charge in [0.05, 0.1) is 0 Å². The first kappa shape index (κ1) is 18.4. The fourth-order valence-electron chi connectivity index (χ4n) is 0.676. The molecule has 5 heteroatoms. The summed E-state index contributed by atoms with van der Waals surface area (Å²) in [4.78, 5) is 10.0. The number of rotatable bonds is 3. The molecule has 3 nitrogen and oxygen atoms in total. The van der Waals surface area contributed by atoms with Crippen molar-refractivity contribution in [3.8, 4) is 5.75 Å². The fourth-order valence-corrected chi connectivity index (χ4v) is 0.676. The quantitative estimate of drug-likeness (QED) is 0.587. The van der Waals surface area contributed by atoms with Crippen molar-refractivity contribution in [3.05, 3.63) is 36.0 Å². The maximum Gasteiger partial charge on any atom is 1.00 e. The Morgan fingerprint density at radius 3 is 2.06 bits per heavy atom. The summed E-state index contributed by atoms with van der Waals surface area (Å²) in [6, 6.07) is 5.16. The maximum atomic E-state index is 12.3. The van der Waals surface area contributed by atoms with E-state index < -0.39 is 12.6 Å². The Kier molecular flexibility index (Phi) is 11.0. The van der Waals surface area contributed by atoms with Gasteiger partial charge in [-0.15, -0.1) is 0 Å². The van der Waals surface area contributed by atoms with E-state index >= 15 is 0 Å². The van der Waals surface area contributed by atoms with Crippen LogP contribution in [0, 0.1) is 11.7 Å². The summed E-state index contributed by atoms with van der Waals surface area (Å²) < 4.78 is 17.1. The summed E-state index contributed by atoms with van der Waals surface area (Å²) in [7, 11) is 0. The number of hydrogen-bond donors (Lipinski definition) is 1. The average molecular weight is 234 g/mol. The van der Waals surface area contributed by atoms with E-state index in [2.05, 4.69) is 20.8 Å². The van der Waals surface area contributed by atoms with E-state index in [9.17, 15) is 9.18 Å². The van der Waals surface area contributed by atoms with Gasteiger partial charge in [0.25, 0.3) is 0 Å². The molecule has 1 N–H and O–H groups in total. The van der Waals surface area contributed by atoms with Crippen LogP contribution in [0.4, 0.5) is 4.39 Å². The Morgan fingerprint density at radius 1 is 1.29 bits per heavy atom. The van der Waals surface area contributed by atoms with Crippen molar-refractivity contribution in [1.82, 2.24) is 0 Å². The molecule has 1 rings (SSSR count). The number of carboxylic acid groups (broad SMARTS) is 1. The molecule has 0 aliphatic heterocycles. The van der Waals surface area contributed by atoms with E-state index in [-0.39, 0.29) is 24.7 Å². The number of hydrogen-bond acceptors (Lipinski definition) is 2. The summed E-state index contributed by atoms with van der Waals surface area (Å²) in [5.41, 5.74) is 0. The molecule has 17 heavy (non-hydrogen) atoms. The van der Waals surface area contributed by atoms with Gasteiger partial charge in [-0.3, -0.25) is 0 Å². The minimum Gasteiger partial charge on any atom is -0.482 e. The molecule has 0 aromatic heterocycles. The fraction of sp³-hybridized carbons (Fsp3) is 0.333. The van der Waals surface area contributed by atoms with E-state index in [0.717, 1.165) is 0 Å². The molecule has 0 bridgehead atoms. The van der Waals surface area contributed by atoms with Crippen LogP contribution in [0.1, 0.15) is 20.8 Å². The van der Waals surface area contributed by atoms with Crippen molar-refractivity contribution < 1.29 is 37.9 Å². The van der Waals surface area contributed by atoms with Crippen molar-refractivity contribution in [3.63, 3.8) is 0 Å². The van der Waals surface area contributed by atoms with Crippen molar-refractivity contribution in [2.75, 3.05) is 6.61 Å². The molecule has 0 fully saturated rings. The largest absolute Gasteiger partial charge is 1.00 e. The molecular weight excluding hydrogens is 218 g/mol. The van der Waals surface area contributed by atoms with E-state index in [1.54, 1.807) is 0 Å². The van der Waals surface area contributed by atoms with Gasteiger partial charge in [0.2, 0.25) is 0 Å². The van der Waals surface area contributed by atoms with Crippen LogP contribution in [-0.4, -0.2) is 17.7 Å². The first-order valence-corrected chi connectivity index (χ1v) is 4.78. The summed E-state index contributed by atoms with van der Waals surface area (Å²) in [6.45, 7) is 5.84. The van der Waals surface area contributed by atoms with Crippen LogP contribution in [0.15, 0.2) is 24.3 Å². The molecule has 0 radical (unpaired) electrons. The first-order chi connectivity index (χ1) is 7.41. The van der Waals surface area contributed by atoms with Gasteiger partial charge in [0.1, 0.15) is 11.6 Å². The SMILES string of the molecule is C[C-](C)C.O=C(O)COc1ccc(F)cc1.[Li+]. The number of carbonyl (C=O) groups is 1. The molecule has 90 valence electrons. The van der Waals surface area contributed by atoms with Crippen molar-refractivity contribution in [2.24, 2.45) is 0 Å². The summed E-state index contributed by atoms with van der Waals surface area (Å²) >= 11 is 0.